The van der Waals surface area contributed by atoms with Gasteiger partial charge in [0.25, 0.3) is 0 Å². The molecule has 0 aliphatic rings. The van der Waals surface area contributed by atoms with Crippen LogP contribution in [0.1, 0.15) is 11.1 Å². The average Bonchev–Trinajstić information content (AvgIpc) is 2.73. The third kappa shape index (κ3) is 4.54. The van der Waals surface area contributed by atoms with Crippen LogP contribution in [0.2, 0.25) is 0 Å². The van der Waals surface area contributed by atoms with Gasteiger partial charge in [0, 0.05) is 20.1 Å². The van der Waals surface area contributed by atoms with Crippen LogP contribution >= 0.6 is 31.9 Å². The average molecular weight is 556 g/mol. The van der Waals surface area contributed by atoms with Crippen LogP contribution in [0.3, 0.4) is 0 Å². The number of aryl methyl sites for hydroxylation is 2. The van der Waals surface area contributed by atoms with Crippen LogP contribution in [0.15, 0.2) is 104 Å². The van der Waals surface area contributed by atoms with Crippen LogP contribution in [-0.4, -0.2) is 8.42 Å². The van der Waals surface area contributed by atoms with Crippen molar-refractivity contribution in [1.82, 2.24) is 0 Å². The monoisotopic (exact) mass is 554 g/mol. The van der Waals surface area contributed by atoms with Crippen LogP contribution in [0.25, 0.3) is 22.3 Å². The molecule has 0 unspecified atom stereocenters. The molecule has 4 rings (SSSR count). The molecule has 0 aromatic heterocycles. The lowest BCUT2D eigenvalue weighted by atomic mass is 10.0. The molecule has 0 bridgehead atoms. The number of rotatable bonds is 4. The van der Waals surface area contributed by atoms with E-state index in [-0.39, 0.29) is 0 Å². The molecule has 0 fully saturated rings. The Morgan fingerprint density at radius 2 is 1.00 bits per heavy atom. The van der Waals surface area contributed by atoms with Crippen molar-refractivity contribution >= 4 is 41.7 Å². The highest BCUT2D eigenvalue weighted by Gasteiger charge is 2.25. The van der Waals surface area contributed by atoms with Gasteiger partial charge in [-0.15, -0.1) is 0 Å². The van der Waals surface area contributed by atoms with Gasteiger partial charge in [0.1, 0.15) is 0 Å². The van der Waals surface area contributed by atoms with Crippen LogP contribution in [0.5, 0.6) is 0 Å². The molecule has 0 aliphatic heterocycles. The second-order valence-electron chi connectivity index (χ2n) is 7.52. The van der Waals surface area contributed by atoms with E-state index >= 15 is 0 Å². The third-order valence-corrected chi connectivity index (χ3v) is 7.98. The van der Waals surface area contributed by atoms with Crippen molar-refractivity contribution in [1.29, 1.82) is 0 Å². The van der Waals surface area contributed by atoms with E-state index in [1.165, 1.54) is 0 Å². The highest BCUT2D eigenvalue weighted by Crippen LogP contribution is 2.38. The number of sulfone groups is 1. The third-order valence-electron chi connectivity index (χ3n) is 5.12. The van der Waals surface area contributed by atoms with Gasteiger partial charge in [-0.1, -0.05) is 91.5 Å². The summed E-state index contributed by atoms with van der Waals surface area (Å²) >= 11 is 7.00. The fourth-order valence-electron chi connectivity index (χ4n) is 3.64. The minimum atomic E-state index is -3.79. The van der Waals surface area contributed by atoms with Crippen molar-refractivity contribution in [2.75, 3.05) is 0 Å². The molecule has 5 heteroatoms. The first-order valence-electron chi connectivity index (χ1n) is 9.74. The Morgan fingerprint density at radius 1 is 0.581 bits per heavy atom. The number of halogens is 2. The Hall–Kier alpha value is -2.21. The molecular weight excluding hydrogens is 536 g/mol. The number of benzene rings is 4. The van der Waals surface area contributed by atoms with Gasteiger partial charge in [0.15, 0.2) is 0 Å². The summed E-state index contributed by atoms with van der Waals surface area (Å²) in [5.41, 5.74) is 5.11. The van der Waals surface area contributed by atoms with Crippen LogP contribution in [0.4, 0.5) is 0 Å². The predicted molar refractivity (Wildman–Crippen MR) is 134 cm³/mol. The zero-order chi connectivity index (χ0) is 22.2. The molecule has 0 saturated heterocycles. The number of hydrogen-bond acceptors (Lipinski definition) is 2. The highest BCUT2D eigenvalue weighted by atomic mass is 79.9. The van der Waals surface area contributed by atoms with Gasteiger partial charge >= 0.3 is 0 Å². The molecule has 0 spiro atoms. The zero-order valence-electron chi connectivity index (χ0n) is 17.1. The Morgan fingerprint density at radius 3 is 1.39 bits per heavy atom. The lowest BCUT2D eigenvalue weighted by Gasteiger charge is -2.16. The smallest absolute Gasteiger partial charge is 0.207 e. The molecule has 4 aromatic carbocycles. The van der Waals surface area contributed by atoms with Crippen LogP contribution < -0.4 is 0 Å². The molecule has 0 saturated carbocycles. The summed E-state index contributed by atoms with van der Waals surface area (Å²) in [5.74, 6) is 0. The summed E-state index contributed by atoms with van der Waals surface area (Å²) in [5, 5.41) is 0. The fourth-order valence-corrected chi connectivity index (χ4v) is 6.10. The Labute approximate surface area is 200 Å². The van der Waals surface area contributed by atoms with Crippen molar-refractivity contribution in [3.05, 3.63) is 105 Å². The van der Waals surface area contributed by atoms with Crippen LogP contribution in [0, 0.1) is 13.8 Å². The first kappa shape index (κ1) is 22.0. The van der Waals surface area contributed by atoms with Crippen molar-refractivity contribution in [2.45, 2.75) is 23.6 Å². The van der Waals surface area contributed by atoms with E-state index < -0.39 is 9.84 Å². The van der Waals surface area contributed by atoms with E-state index in [1.54, 1.807) is 12.1 Å². The van der Waals surface area contributed by atoms with E-state index in [9.17, 15) is 8.42 Å². The van der Waals surface area contributed by atoms with Gasteiger partial charge in [0.2, 0.25) is 9.84 Å². The van der Waals surface area contributed by atoms with Crippen molar-refractivity contribution in [2.24, 2.45) is 0 Å². The van der Waals surface area contributed by atoms with Crippen molar-refractivity contribution in [3.63, 3.8) is 0 Å². The summed E-state index contributed by atoms with van der Waals surface area (Å²) in [4.78, 5) is 0.604. The molecule has 0 radical (unpaired) electrons. The van der Waals surface area contributed by atoms with Gasteiger partial charge in [-0.25, -0.2) is 8.42 Å². The lowest BCUT2D eigenvalue weighted by molar-refractivity contribution is 0.596. The van der Waals surface area contributed by atoms with E-state index in [4.69, 9.17) is 0 Å². The molecule has 31 heavy (non-hydrogen) atoms. The minimum absolute atomic E-state index is 0.302. The highest BCUT2D eigenvalue weighted by molar-refractivity contribution is 9.10. The van der Waals surface area contributed by atoms with Gasteiger partial charge in [-0.3, -0.25) is 0 Å². The summed E-state index contributed by atoms with van der Waals surface area (Å²) < 4.78 is 29.8. The number of hydrogen-bond donors (Lipinski definition) is 0. The summed E-state index contributed by atoms with van der Waals surface area (Å²) in [6, 6.07) is 26.4. The maximum atomic E-state index is 14.0. The maximum Gasteiger partial charge on any atom is 0.207 e. The standard InChI is InChI=1S/C26H20Br2O2S/c1-17-9-11-25(23(13-17)19-5-3-7-21(27)15-19)31(29,30)26-12-10-18(2)14-24(26)20-6-4-8-22(28)16-20/h3-16H,1-2H3. The van der Waals surface area contributed by atoms with E-state index in [2.05, 4.69) is 31.9 Å². The Kier molecular flexibility index (Phi) is 6.20. The second-order valence-corrected chi connectivity index (χ2v) is 11.2. The Bertz CT molecular complexity index is 1290. The largest absolute Gasteiger partial charge is 0.218 e. The predicted octanol–water partition coefficient (Wildman–Crippen LogP) is 8.00. The van der Waals surface area contributed by atoms with E-state index in [0.717, 1.165) is 31.2 Å². The SMILES string of the molecule is Cc1ccc(S(=O)(=O)c2ccc(C)cc2-c2cccc(Br)c2)c(-c2cccc(Br)c2)c1. The summed E-state index contributed by atoms with van der Waals surface area (Å²) in [6.45, 7) is 3.94. The molecule has 0 heterocycles. The molecule has 156 valence electrons. The first-order valence-corrected chi connectivity index (χ1v) is 12.8. The summed E-state index contributed by atoms with van der Waals surface area (Å²) in [6.07, 6.45) is 0. The van der Waals surface area contributed by atoms with Crippen molar-refractivity contribution in [3.8, 4) is 22.3 Å². The van der Waals surface area contributed by atoms with Gasteiger partial charge < -0.3 is 0 Å². The molecule has 2 nitrogen and oxygen atoms in total. The normalized spacial score (nSPS) is 11.5. The maximum absolute atomic E-state index is 14.0. The minimum Gasteiger partial charge on any atom is -0.218 e. The van der Waals surface area contributed by atoms with Gasteiger partial charge in [0.05, 0.1) is 9.79 Å². The van der Waals surface area contributed by atoms with Gasteiger partial charge in [-0.2, -0.15) is 0 Å². The zero-order valence-corrected chi connectivity index (χ0v) is 21.1. The molecule has 0 amide bonds. The van der Waals surface area contributed by atoms with E-state index in [1.807, 2.05) is 86.6 Å². The van der Waals surface area contributed by atoms with Crippen LogP contribution in [-0.2, 0) is 9.84 Å². The fraction of sp³-hybridized carbons (Fsp3) is 0.0769. The first-order chi connectivity index (χ1) is 14.8. The van der Waals surface area contributed by atoms with Crippen molar-refractivity contribution < 1.29 is 8.42 Å². The molecule has 0 atom stereocenters. The lowest BCUT2D eigenvalue weighted by Crippen LogP contribution is -2.06. The molecular formula is C26H20Br2O2S. The molecule has 4 aromatic rings. The van der Waals surface area contributed by atoms with Gasteiger partial charge in [-0.05, 0) is 61.4 Å². The summed E-state index contributed by atoms with van der Waals surface area (Å²) in [7, 11) is -3.79. The van der Waals surface area contributed by atoms with E-state index in [0.29, 0.717) is 20.9 Å². The second kappa shape index (κ2) is 8.73. The Balaban J connectivity index is 1.98. The molecule has 0 aliphatic carbocycles. The topological polar surface area (TPSA) is 34.1 Å². The molecule has 0 N–H and O–H groups in total. The quantitative estimate of drug-likeness (QED) is 0.255.